The molecule has 78 valence electrons. The summed E-state index contributed by atoms with van der Waals surface area (Å²) in [6.45, 7) is 4.96. The third kappa shape index (κ3) is 1.91. The zero-order valence-corrected chi connectivity index (χ0v) is 9.16. The molecule has 1 atom stereocenters. The van der Waals surface area contributed by atoms with Crippen molar-refractivity contribution in [1.82, 2.24) is 14.8 Å². The second kappa shape index (κ2) is 3.51. The van der Waals surface area contributed by atoms with E-state index < -0.39 is 0 Å². The van der Waals surface area contributed by atoms with Gasteiger partial charge in [-0.2, -0.15) is 0 Å². The van der Waals surface area contributed by atoms with E-state index in [0.29, 0.717) is 11.3 Å². The Hall–Kier alpha value is -0.610. The number of rotatable bonds is 1. The molecule has 1 aliphatic rings. The van der Waals surface area contributed by atoms with Gasteiger partial charge in [-0.15, -0.1) is 10.2 Å². The van der Waals surface area contributed by atoms with Crippen molar-refractivity contribution in [3.8, 4) is 0 Å². The molecule has 0 aliphatic carbocycles. The molecule has 0 aromatic carbocycles. The number of aromatic nitrogens is 3. The van der Waals surface area contributed by atoms with Gasteiger partial charge in [0, 0.05) is 12.6 Å². The Balaban J connectivity index is 2.16. The molecule has 1 saturated heterocycles. The fraction of sp³-hybridized carbons (Fsp3) is 0.778. The first kappa shape index (κ1) is 9.93. The zero-order valence-electron chi connectivity index (χ0n) is 8.40. The van der Waals surface area contributed by atoms with E-state index in [4.69, 9.17) is 16.3 Å². The largest absolute Gasteiger partial charge is 0.375 e. The van der Waals surface area contributed by atoms with Gasteiger partial charge in [0.15, 0.2) is 0 Å². The summed E-state index contributed by atoms with van der Waals surface area (Å²) in [5, 5.41) is 8.03. The quantitative estimate of drug-likeness (QED) is 0.720. The molecule has 0 N–H and O–H groups in total. The maximum atomic E-state index is 5.91. The van der Waals surface area contributed by atoms with Gasteiger partial charge in [0.1, 0.15) is 6.33 Å². The van der Waals surface area contributed by atoms with Gasteiger partial charge in [0.05, 0.1) is 5.60 Å². The number of nitrogens with zero attached hydrogens (tertiary/aromatic N) is 3. The fourth-order valence-electron chi connectivity index (χ4n) is 1.91. The lowest BCUT2D eigenvalue weighted by molar-refractivity contribution is -0.0691. The minimum Gasteiger partial charge on any atom is -0.375 e. The predicted molar refractivity (Wildman–Crippen MR) is 53.3 cm³/mol. The predicted octanol–water partition coefficient (Wildman–Crippen LogP) is 2.06. The zero-order chi connectivity index (χ0) is 10.2. The highest BCUT2D eigenvalue weighted by Gasteiger charge is 2.30. The van der Waals surface area contributed by atoms with Crippen LogP contribution in [-0.2, 0) is 4.74 Å². The highest BCUT2D eigenvalue weighted by atomic mass is 35.5. The van der Waals surface area contributed by atoms with Gasteiger partial charge >= 0.3 is 0 Å². The average molecular weight is 216 g/mol. The van der Waals surface area contributed by atoms with Crippen LogP contribution in [0.4, 0.5) is 0 Å². The van der Waals surface area contributed by atoms with Crippen LogP contribution in [0.2, 0.25) is 5.28 Å². The standard InChI is InChI=1S/C9H14ClN3O/c1-9(2)5-7(3-4-14-9)13-6-11-12-8(13)10/h6-7H,3-5H2,1-2H3. The lowest BCUT2D eigenvalue weighted by Crippen LogP contribution is -2.34. The first-order valence-corrected chi connectivity index (χ1v) is 5.15. The van der Waals surface area contributed by atoms with Crippen LogP contribution in [0.3, 0.4) is 0 Å². The molecular formula is C9H14ClN3O. The van der Waals surface area contributed by atoms with E-state index in [0.717, 1.165) is 19.4 Å². The summed E-state index contributed by atoms with van der Waals surface area (Å²) in [6.07, 6.45) is 3.61. The second-order valence-corrected chi connectivity index (χ2v) is 4.60. The Morgan fingerprint density at radius 1 is 1.64 bits per heavy atom. The van der Waals surface area contributed by atoms with Gasteiger partial charge in [0.25, 0.3) is 0 Å². The molecule has 0 amide bonds. The molecule has 0 saturated carbocycles. The second-order valence-electron chi connectivity index (χ2n) is 4.26. The van der Waals surface area contributed by atoms with Gasteiger partial charge < -0.3 is 9.30 Å². The summed E-state index contributed by atoms with van der Waals surface area (Å²) >= 11 is 5.91. The van der Waals surface area contributed by atoms with Crippen molar-refractivity contribution < 1.29 is 4.74 Å². The Bertz CT molecular complexity index is 324. The van der Waals surface area contributed by atoms with Gasteiger partial charge in [-0.25, -0.2) is 0 Å². The normalized spacial score (nSPS) is 26.4. The number of hydrogen-bond donors (Lipinski definition) is 0. The first-order chi connectivity index (χ1) is 6.58. The Labute approximate surface area is 88.2 Å². The summed E-state index contributed by atoms with van der Waals surface area (Å²) in [7, 11) is 0. The molecule has 1 aromatic heterocycles. The molecule has 0 bridgehead atoms. The van der Waals surface area contributed by atoms with Gasteiger partial charge in [-0.1, -0.05) is 0 Å². The van der Waals surface area contributed by atoms with E-state index in [1.54, 1.807) is 6.33 Å². The molecule has 1 aromatic rings. The maximum absolute atomic E-state index is 5.91. The van der Waals surface area contributed by atoms with Crippen molar-refractivity contribution in [3.63, 3.8) is 0 Å². The minimum atomic E-state index is -0.0729. The van der Waals surface area contributed by atoms with E-state index in [-0.39, 0.29) is 5.60 Å². The lowest BCUT2D eigenvalue weighted by atomic mass is 9.94. The lowest BCUT2D eigenvalue weighted by Gasteiger charge is -2.35. The van der Waals surface area contributed by atoms with Crippen LogP contribution in [-0.4, -0.2) is 27.0 Å². The summed E-state index contributed by atoms with van der Waals surface area (Å²) in [4.78, 5) is 0. The summed E-state index contributed by atoms with van der Waals surface area (Å²) in [5.74, 6) is 0. The third-order valence-corrected chi connectivity index (χ3v) is 2.86. The van der Waals surface area contributed by atoms with Crippen molar-refractivity contribution in [2.45, 2.75) is 38.3 Å². The Kier molecular flexibility index (Phi) is 2.49. The van der Waals surface area contributed by atoms with Gasteiger partial charge in [-0.3, -0.25) is 0 Å². The van der Waals surface area contributed by atoms with Gasteiger partial charge in [0.2, 0.25) is 5.28 Å². The third-order valence-electron chi connectivity index (χ3n) is 2.59. The highest BCUT2D eigenvalue weighted by molar-refractivity contribution is 6.28. The smallest absolute Gasteiger partial charge is 0.225 e. The summed E-state index contributed by atoms with van der Waals surface area (Å²) in [5.41, 5.74) is -0.0729. The first-order valence-electron chi connectivity index (χ1n) is 4.77. The monoisotopic (exact) mass is 215 g/mol. The van der Waals surface area contributed by atoms with E-state index in [1.165, 1.54) is 0 Å². The van der Waals surface area contributed by atoms with Crippen LogP contribution >= 0.6 is 11.6 Å². The van der Waals surface area contributed by atoms with Crippen LogP contribution in [0.25, 0.3) is 0 Å². The molecule has 2 rings (SSSR count). The van der Waals surface area contributed by atoms with Crippen LogP contribution in [0.15, 0.2) is 6.33 Å². The molecular weight excluding hydrogens is 202 g/mol. The topological polar surface area (TPSA) is 39.9 Å². The molecule has 2 heterocycles. The van der Waals surface area contributed by atoms with E-state index in [9.17, 15) is 0 Å². The van der Waals surface area contributed by atoms with E-state index in [1.807, 2.05) is 4.57 Å². The SMILES string of the molecule is CC1(C)CC(n2cnnc2Cl)CCO1. The highest BCUT2D eigenvalue weighted by Crippen LogP contribution is 2.32. The maximum Gasteiger partial charge on any atom is 0.225 e. The fourth-order valence-corrected chi connectivity index (χ4v) is 2.14. The molecule has 0 spiro atoms. The number of halogens is 1. The van der Waals surface area contributed by atoms with Crippen LogP contribution in [0.1, 0.15) is 32.7 Å². The van der Waals surface area contributed by atoms with Crippen LogP contribution in [0.5, 0.6) is 0 Å². The van der Waals surface area contributed by atoms with Crippen molar-refractivity contribution in [2.24, 2.45) is 0 Å². The molecule has 1 aliphatic heterocycles. The number of ether oxygens (including phenoxy) is 1. The van der Waals surface area contributed by atoms with Crippen LogP contribution in [0, 0.1) is 0 Å². The van der Waals surface area contributed by atoms with Crippen molar-refractivity contribution in [2.75, 3.05) is 6.61 Å². The number of hydrogen-bond acceptors (Lipinski definition) is 3. The van der Waals surface area contributed by atoms with E-state index in [2.05, 4.69) is 24.0 Å². The minimum absolute atomic E-state index is 0.0729. The summed E-state index contributed by atoms with van der Waals surface area (Å²) in [6, 6.07) is 0.362. The molecule has 14 heavy (non-hydrogen) atoms. The molecule has 5 heteroatoms. The van der Waals surface area contributed by atoms with Crippen LogP contribution < -0.4 is 0 Å². The van der Waals surface area contributed by atoms with Crippen molar-refractivity contribution in [3.05, 3.63) is 11.6 Å². The average Bonchev–Trinajstić information content (AvgIpc) is 2.49. The molecule has 4 nitrogen and oxygen atoms in total. The Morgan fingerprint density at radius 2 is 2.43 bits per heavy atom. The van der Waals surface area contributed by atoms with E-state index >= 15 is 0 Å². The van der Waals surface area contributed by atoms with Gasteiger partial charge in [-0.05, 0) is 38.3 Å². The molecule has 1 fully saturated rings. The molecule has 0 radical (unpaired) electrons. The molecule has 1 unspecified atom stereocenters. The van der Waals surface area contributed by atoms with Crippen molar-refractivity contribution in [1.29, 1.82) is 0 Å². The van der Waals surface area contributed by atoms with Crippen molar-refractivity contribution >= 4 is 11.6 Å². The Morgan fingerprint density at radius 3 is 3.00 bits per heavy atom. The summed E-state index contributed by atoms with van der Waals surface area (Å²) < 4.78 is 7.56.